The molecule has 0 radical (unpaired) electrons. The number of hydrogen-bond acceptors (Lipinski definition) is 5. The molecule has 0 unspecified atom stereocenters. The quantitative estimate of drug-likeness (QED) is 0.407. The predicted molar refractivity (Wildman–Crippen MR) is 105 cm³/mol. The first kappa shape index (κ1) is 17.9. The highest BCUT2D eigenvalue weighted by Gasteiger charge is 2.22. The van der Waals surface area contributed by atoms with Crippen LogP contribution in [0.15, 0.2) is 46.9 Å². The number of esters is 1. The average Bonchev–Trinajstić information content (AvgIpc) is 3.21. The van der Waals surface area contributed by atoms with Gasteiger partial charge in [0.25, 0.3) is 0 Å². The smallest absolute Gasteiger partial charge is 0.375 e. The Morgan fingerprint density at radius 3 is 2.64 bits per heavy atom. The fraction of sp³-hybridized carbons (Fsp3) is 0.182. The van der Waals surface area contributed by atoms with Crippen LogP contribution < -0.4 is 4.74 Å². The van der Waals surface area contributed by atoms with Crippen molar-refractivity contribution < 1.29 is 23.5 Å². The Labute approximate surface area is 161 Å². The lowest BCUT2D eigenvalue weighted by molar-refractivity contribution is 0.0445. The van der Waals surface area contributed by atoms with Crippen LogP contribution in [-0.4, -0.2) is 30.5 Å². The summed E-state index contributed by atoms with van der Waals surface area (Å²) in [4.78, 5) is 28.4. The number of Topliss-reactive ketones (excluding diaryl/α,β-unsaturated/α-hetero) is 1. The fourth-order valence-corrected chi connectivity index (χ4v) is 3.43. The predicted octanol–water partition coefficient (Wildman–Crippen LogP) is 4.58. The lowest BCUT2D eigenvalue weighted by Gasteiger charge is -2.04. The van der Waals surface area contributed by atoms with E-state index in [9.17, 15) is 9.59 Å². The summed E-state index contributed by atoms with van der Waals surface area (Å²) in [5, 5.41) is 1.58. The van der Waals surface area contributed by atoms with Crippen molar-refractivity contribution in [3.05, 3.63) is 65.0 Å². The molecule has 0 atom stereocenters. The first-order valence-electron chi connectivity index (χ1n) is 8.84. The van der Waals surface area contributed by atoms with Crippen LogP contribution in [0.3, 0.4) is 0 Å². The molecule has 6 heteroatoms. The number of H-pyrrole nitrogens is 1. The fourth-order valence-electron chi connectivity index (χ4n) is 3.43. The molecule has 0 saturated heterocycles. The van der Waals surface area contributed by atoms with Gasteiger partial charge in [0.05, 0.1) is 7.11 Å². The Kier molecular flexibility index (Phi) is 4.39. The number of carbonyl (C=O) groups excluding carboxylic acids is 2. The number of fused-ring (bicyclic) bond motifs is 2. The van der Waals surface area contributed by atoms with Gasteiger partial charge in [-0.25, -0.2) is 4.79 Å². The van der Waals surface area contributed by atoms with Crippen LogP contribution in [0.4, 0.5) is 0 Å². The molecular weight excluding hydrogens is 358 g/mol. The van der Waals surface area contributed by atoms with E-state index in [-0.39, 0.29) is 18.2 Å². The molecule has 0 aliphatic heterocycles. The van der Waals surface area contributed by atoms with Crippen molar-refractivity contribution in [2.75, 3.05) is 13.7 Å². The summed E-state index contributed by atoms with van der Waals surface area (Å²) in [6.45, 7) is 3.24. The average molecular weight is 377 g/mol. The molecule has 4 aromatic rings. The largest absolute Gasteiger partial charge is 0.497 e. The maximum atomic E-state index is 12.7. The summed E-state index contributed by atoms with van der Waals surface area (Å²) in [5.41, 5.74) is 3.36. The third-order valence-electron chi connectivity index (χ3n) is 4.84. The number of benzene rings is 2. The summed E-state index contributed by atoms with van der Waals surface area (Å²) in [5.74, 6) is -0.176. The number of aromatic nitrogens is 1. The molecular formula is C22H19NO5. The van der Waals surface area contributed by atoms with E-state index in [1.807, 2.05) is 31.2 Å². The number of hydrogen-bond donors (Lipinski definition) is 1. The summed E-state index contributed by atoms with van der Waals surface area (Å²) in [6.07, 6.45) is 0. The first-order chi connectivity index (χ1) is 13.5. The maximum absolute atomic E-state index is 12.7. The number of aromatic amines is 1. The number of ketones is 1. The van der Waals surface area contributed by atoms with Gasteiger partial charge in [0.2, 0.25) is 11.5 Å². The van der Waals surface area contributed by atoms with E-state index in [1.165, 1.54) is 0 Å². The Hall–Kier alpha value is -3.54. The zero-order valence-corrected chi connectivity index (χ0v) is 15.8. The first-order valence-corrected chi connectivity index (χ1v) is 8.84. The van der Waals surface area contributed by atoms with E-state index in [1.54, 1.807) is 32.2 Å². The second-order valence-corrected chi connectivity index (χ2v) is 6.59. The molecule has 0 spiro atoms. The third-order valence-corrected chi connectivity index (χ3v) is 4.84. The highest BCUT2D eigenvalue weighted by atomic mass is 16.5. The van der Waals surface area contributed by atoms with Gasteiger partial charge >= 0.3 is 5.97 Å². The normalized spacial score (nSPS) is 11.1. The van der Waals surface area contributed by atoms with Crippen molar-refractivity contribution in [2.24, 2.45) is 0 Å². The molecule has 1 N–H and O–H groups in total. The van der Waals surface area contributed by atoms with Crippen molar-refractivity contribution >= 4 is 33.6 Å². The van der Waals surface area contributed by atoms with Gasteiger partial charge in [-0.15, -0.1) is 0 Å². The van der Waals surface area contributed by atoms with Gasteiger partial charge in [0.1, 0.15) is 11.3 Å². The second kappa shape index (κ2) is 6.88. The molecule has 2 heterocycles. The van der Waals surface area contributed by atoms with E-state index in [0.29, 0.717) is 22.5 Å². The van der Waals surface area contributed by atoms with Crippen molar-refractivity contribution in [1.82, 2.24) is 4.98 Å². The van der Waals surface area contributed by atoms with E-state index in [0.717, 1.165) is 22.0 Å². The number of carbonyl (C=O) groups is 2. The van der Waals surface area contributed by atoms with Gasteiger partial charge in [-0.3, -0.25) is 4.79 Å². The number of aryl methyl sites for hydroxylation is 2. The highest BCUT2D eigenvalue weighted by molar-refractivity contribution is 6.10. The van der Waals surface area contributed by atoms with Crippen LogP contribution in [0, 0.1) is 13.8 Å². The zero-order valence-electron chi connectivity index (χ0n) is 15.8. The Balaban J connectivity index is 1.56. The van der Waals surface area contributed by atoms with Gasteiger partial charge in [-0.2, -0.15) is 0 Å². The lowest BCUT2D eigenvalue weighted by atomic mass is 10.1. The van der Waals surface area contributed by atoms with Gasteiger partial charge in [0.15, 0.2) is 6.61 Å². The SMILES string of the molecule is COc1ccc2oc(C(=O)OCC(=O)c3c(C)[nH]c4ccccc34)c(C)c2c1. The molecule has 0 bridgehead atoms. The molecule has 142 valence electrons. The van der Waals surface area contributed by atoms with Gasteiger partial charge in [0, 0.05) is 33.1 Å². The molecule has 2 aromatic heterocycles. The van der Waals surface area contributed by atoms with E-state index >= 15 is 0 Å². The van der Waals surface area contributed by atoms with E-state index in [4.69, 9.17) is 13.9 Å². The number of methoxy groups -OCH3 is 1. The molecule has 0 fully saturated rings. The molecule has 0 aliphatic rings. The molecule has 0 saturated carbocycles. The van der Waals surface area contributed by atoms with Crippen LogP contribution >= 0.6 is 0 Å². The number of rotatable bonds is 5. The molecule has 6 nitrogen and oxygen atoms in total. The van der Waals surface area contributed by atoms with E-state index in [2.05, 4.69) is 4.98 Å². The van der Waals surface area contributed by atoms with Crippen LogP contribution in [0.1, 0.15) is 32.2 Å². The standard InChI is InChI=1S/C22H19NO5/c1-12-16-10-14(26-3)8-9-19(16)28-21(12)22(25)27-11-18(24)20-13(2)23-17-7-5-4-6-15(17)20/h4-10,23H,11H2,1-3H3. The van der Waals surface area contributed by atoms with Gasteiger partial charge < -0.3 is 18.9 Å². The number of nitrogens with one attached hydrogen (secondary N) is 1. The molecule has 0 amide bonds. The van der Waals surface area contributed by atoms with Crippen LogP contribution in [-0.2, 0) is 4.74 Å². The monoisotopic (exact) mass is 377 g/mol. The maximum Gasteiger partial charge on any atom is 0.375 e. The summed E-state index contributed by atoms with van der Waals surface area (Å²) < 4.78 is 16.1. The number of para-hydroxylation sites is 1. The minimum absolute atomic E-state index is 0.0895. The minimum atomic E-state index is -0.668. The topological polar surface area (TPSA) is 81.5 Å². The zero-order chi connectivity index (χ0) is 19.8. The molecule has 0 aliphatic carbocycles. The van der Waals surface area contributed by atoms with Crippen molar-refractivity contribution in [1.29, 1.82) is 0 Å². The third kappa shape index (κ3) is 2.93. The number of furan rings is 1. The van der Waals surface area contributed by atoms with Crippen LogP contribution in [0.2, 0.25) is 0 Å². The Bertz CT molecular complexity index is 1210. The van der Waals surface area contributed by atoms with Crippen LogP contribution in [0.5, 0.6) is 5.75 Å². The van der Waals surface area contributed by atoms with Crippen molar-refractivity contribution in [2.45, 2.75) is 13.8 Å². The molecule has 4 rings (SSSR count). The summed E-state index contributed by atoms with van der Waals surface area (Å²) in [7, 11) is 1.57. The van der Waals surface area contributed by atoms with Gasteiger partial charge in [-0.05, 0) is 38.1 Å². The van der Waals surface area contributed by atoms with E-state index < -0.39 is 5.97 Å². The molecule has 2 aromatic carbocycles. The van der Waals surface area contributed by atoms with Crippen molar-refractivity contribution in [3.8, 4) is 5.75 Å². The van der Waals surface area contributed by atoms with Crippen LogP contribution in [0.25, 0.3) is 21.9 Å². The Morgan fingerprint density at radius 1 is 1.07 bits per heavy atom. The lowest BCUT2D eigenvalue weighted by Crippen LogP contribution is -2.15. The summed E-state index contributed by atoms with van der Waals surface area (Å²) >= 11 is 0. The Morgan fingerprint density at radius 2 is 1.86 bits per heavy atom. The molecule has 28 heavy (non-hydrogen) atoms. The van der Waals surface area contributed by atoms with Gasteiger partial charge in [-0.1, -0.05) is 18.2 Å². The van der Waals surface area contributed by atoms with Crippen molar-refractivity contribution in [3.63, 3.8) is 0 Å². The summed E-state index contributed by atoms with van der Waals surface area (Å²) in [6, 6.07) is 12.8. The highest BCUT2D eigenvalue weighted by Crippen LogP contribution is 2.29. The minimum Gasteiger partial charge on any atom is -0.497 e. The number of ether oxygens (including phenoxy) is 2. The second-order valence-electron chi connectivity index (χ2n) is 6.59.